The Morgan fingerprint density at radius 1 is 1.00 bits per heavy atom. The van der Waals surface area contributed by atoms with Crippen molar-refractivity contribution in [2.24, 2.45) is 28.9 Å². The second kappa shape index (κ2) is 17.5. The number of nitrogens with two attached hydrogens (primary N) is 1. The minimum Gasteiger partial charge on any atom is -0.404 e. The largest absolute Gasteiger partial charge is 0.524 e. The number of rotatable bonds is 17. The first-order valence-electron chi connectivity index (χ1n) is 18.0. The van der Waals surface area contributed by atoms with Crippen LogP contribution in [-0.2, 0) is 44.3 Å². The van der Waals surface area contributed by atoms with Crippen molar-refractivity contribution in [2.45, 2.75) is 95.0 Å². The average molecular weight is 740 g/mol. The fourth-order valence-electron chi connectivity index (χ4n) is 9.19. The molecule has 9 atom stereocenters. The van der Waals surface area contributed by atoms with E-state index in [4.69, 9.17) is 29.2 Å². The summed E-state index contributed by atoms with van der Waals surface area (Å²) in [5, 5.41) is 16.0. The number of amides is 3. The SMILES string of the molecule is COC1CCC(NC(=O)COCCOCCNC(=O)CCOC2CCC3C4CCc5cc(OP(=O)(O)O)ccc5C4CCC23C)C(O)C1C(N)=O. The number of primary amides is 1. The molecule has 3 amide bonds. The summed E-state index contributed by atoms with van der Waals surface area (Å²) in [5.74, 6) is -0.425. The Hall–Kier alpha value is -2.62. The van der Waals surface area contributed by atoms with Crippen molar-refractivity contribution in [2.75, 3.05) is 46.7 Å². The summed E-state index contributed by atoms with van der Waals surface area (Å²) in [4.78, 5) is 54.9. The van der Waals surface area contributed by atoms with Gasteiger partial charge in [-0.25, -0.2) is 4.57 Å². The van der Waals surface area contributed by atoms with Crippen LogP contribution >= 0.6 is 7.82 Å². The third kappa shape index (κ3) is 9.88. The van der Waals surface area contributed by atoms with Crippen LogP contribution in [0.4, 0.5) is 0 Å². The molecule has 0 radical (unpaired) electrons. The summed E-state index contributed by atoms with van der Waals surface area (Å²) in [7, 11) is -3.14. The highest BCUT2D eigenvalue weighted by Gasteiger charge is 2.55. The number of phosphoric ester groups is 1. The van der Waals surface area contributed by atoms with Gasteiger partial charge in [0.15, 0.2) is 0 Å². The highest BCUT2D eigenvalue weighted by molar-refractivity contribution is 7.46. The molecule has 4 aliphatic rings. The first-order valence-corrected chi connectivity index (χ1v) is 19.5. The second-order valence-corrected chi connectivity index (χ2v) is 15.7. The summed E-state index contributed by atoms with van der Waals surface area (Å²) in [6.07, 6.45) is 5.65. The van der Waals surface area contributed by atoms with Crippen LogP contribution in [0.2, 0.25) is 0 Å². The Morgan fingerprint density at radius 2 is 1.78 bits per heavy atom. The molecular formula is C35H54N3O12P. The molecule has 0 bridgehead atoms. The van der Waals surface area contributed by atoms with Gasteiger partial charge < -0.3 is 44.9 Å². The van der Waals surface area contributed by atoms with E-state index < -0.39 is 43.8 Å². The predicted octanol–water partition coefficient (Wildman–Crippen LogP) is 1.69. The standard InChI is InChI=1S/C35H54N3O12P/c1-35-13-11-24-23-6-4-22(50-51(43,44)45)19-21(23)3-5-25(24)26(35)7-10-29(35)49-15-12-30(39)37-14-16-47-17-18-48-20-31(40)38-27-8-9-28(46-2)32(33(27)41)34(36)42/h4,6,19,24-29,32-33,41H,3,5,7-18,20H2,1-2H3,(H2,36,42)(H,37,39)(H,38,40)(H2,43,44,45). The highest BCUT2D eigenvalue weighted by Crippen LogP contribution is 2.61. The summed E-state index contributed by atoms with van der Waals surface area (Å²) in [5.41, 5.74) is 7.85. The summed E-state index contributed by atoms with van der Waals surface area (Å²) < 4.78 is 38.6. The Kier molecular flexibility index (Phi) is 13.6. The molecule has 0 saturated heterocycles. The third-order valence-electron chi connectivity index (χ3n) is 11.6. The summed E-state index contributed by atoms with van der Waals surface area (Å²) >= 11 is 0. The molecule has 7 N–H and O–H groups in total. The number of aliphatic hydroxyl groups is 1. The van der Waals surface area contributed by atoms with E-state index >= 15 is 0 Å². The molecule has 1 aromatic carbocycles. The molecule has 51 heavy (non-hydrogen) atoms. The van der Waals surface area contributed by atoms with Gasteiger partial charge in [-0.05, 0) is 97.8 Å². The van der Waals surface area contributed by atoms with Crippen molar-refractivity contribution in [1.29, 1.82) is 0 Å². The Labute approximate surface area is 298 Å². The number of carbonyl (C=O) groups excluding carboxylic acids is 3. The summed E-state index contributed by atoms with van der Waals surface area (Å²) in [6.45, 7) is 3.49. The van der Waals surface area contributed by atoms with Crippen molar-refractivity contribution >= 4 is 25.5 Å². The van der Waals surface area contributed by atoms with Crippen LogP contribution in [0.25, 0.3) is 0 Å². The van der Waals surface area contributed by atoms with Crippen molar-refractivity contribution in [1.82, 2.24) is 10.6 Å². The zero-order chi connectivity index (χ0) is 36.8. The van der Waals surface area contributed by atoms with Crippen LogP contribution < -0.4 is 20.9 Å². The maximum absolute atomic E-state index is 12.5. The first kappa shape index (κ1) is 39.6. The second-order valence-electron chi connectivity index (χ2n) is 14.5. The molecule has 0 aliphatic heterocycles. The number of aliphatic hydroxyl groups excluding tert-OH is 1. The van der Waals surface area contributed by atoms with E-state index in [0.717, 1.165) is 44.1 Å². The van der Waals surface area contributed by atoms with E-state index in [0.29, 0.717) is 43.7 Å². The average Bonchev–Trinajstić information content (AvgIpc) is 3.41. The lowest BCUT2D eigenvalue weighted by Gasteiger charge is -2.50. The number of carbonyl (C=O) groups is 3. The number of ether oxygens (including phenoxy) is 4. The predicted molar refractivity (Wildman–Crippen MR) is 183 cm³/mol. The quantitative estimate of drug-likeness (QED) is 0.0992. The van der Waals surface area contributed by atoms with Gasteiger partial charge in [-0.3, -0.25) is 24.2 Å². The molecule has 1 aromatic rings. The van der Waals surface area contributed by atoms with Crippen molar-refractivity contribution in [3.63, 3.8) is 0 Å². The van der Waals surface area contributed by atoms with Gasteiger partial charge in [-0.15, -0.1) is 0 Å². The van der Waals surface area contributed by atoms with Gasteiger partial charge >= 0.3 is 7.82 Å². The molecule has 286 valence electrons. The number of benzene rings is 1. The van der Waals surface area contributed by atoms with Gasteiger partial charge in [-0.1, -0.05) is 13.0 Å². The number of phosphoric acid groups is 1. The topological polar surface area (TPSA) is 225 Å². The smallest absolute Gasteiger partial charge is 0.404 e. The van der Waals surface area contributed by atoms with Crippen molar-refractivity contribution < 1.29 is 57.3 Å². The molecule has 3 saturated carbocycles. The molecule has 16 heteroatoms. The van der Waals surface area contributed by atoms with Crippen molar-refractivity contribution in [3.8, 4) is 5.75 Å². The zero-order valence-electron chi connectivity index (χ0n) is 29.5. The maximum atomic E-state index is 12.5. The molecule has 9 unspecified atom stereocenters. The van der Waals surface area contributed by atoms with Gasteiger partial charge in [0.2, 0.25) is 17.7 Å². The lowest BCUT2D eigenvalue weighted by atomic mass is 9.55. The third-order valence-corrected chi connectivity index (χ3v) is 12.0. The molecule has 15 nitrogen and oxygen atoms in total. The van der Waals surface area contributed by atoms with E-state index in [1.807, 2.05) is 6.07 Å². The lowest BCUT2D eigenvalue weighted by molar-refractivity contribution is -0.141. The van der Waals surface area contributed by atoms with Crippen molar-refractivity contribution in [3.05, 3.63) is 29.3 Å². The van der Waals surface area contributed by atoms with E-state index in [1.165, 1.54) is 12.7 Å². The normalized spacial score (nSPS) is 31.5. The fraction of sp³-hybridized carbons (Fsp3) is 0.743. The van der Waals surface area contributed by atoms with E-state index in [9.17, 15) is 33.8 Å². The first-order chi connectivity index (χ1) is 24.3. The van der Waals surface area contributed by atoms with Gasteiger partial charge in [0, 0.05) is 20.1 Å². The minimum atomic E-state index is -4.60. The molecule has 3 fully saturated rings. The van der Waals surface area contributed by atoms with E-state index in [2.05, 4.69) is 17.6 Å². The van der Waals surface area contributed by atoms with Crippen LogP contribution in [0, 0.1) is 23.2 Å². The Balaban J connectivity index is 0.927. The number of hydrogen-bond acceptors (Lipinski definition) is 10. The number of methoxy groups -OCH3 is 1. The van der Waals surface area contributed by atoms with E-state index in [1.54, 1.807) is 12.1 Å². The van der Waals surface area contributed by atoms with Gasteiger partial charge in [-0.2, -0.15) is 0 Å². The maximum Gasteiger partial charge on any atom is 0.524 e. The van der Waals surface area contributed by atoms with E-state index in [-0.39, 0.29) is 56.0 Å². The number of hydrogen-bond donors (Lipinski definition) is 6. The molecule has 5 rings (SSSR count). The van der Waals surface area contributed by atoms with Crippen LogP contribution in [0.15, 0.2) is 18.2 Å². The summed E-state index contributed by atoms with van der Waals surface area (Å²) in [6, 6.07) is 4.81. The minimum absolute atomic E-state index is 0.0496. The molecule has 0 spiro atoms. The Morgan fingerprint density at radius 3 is 2.53 bits per heavy atom. The van der Waals surface area contributed by atoms with Crippen LogP contribution in [-0.4, -0.2) is 104 Å². The highest BCUT2D eigenvalue weighted by atomic mass is 31.2. The number of nitrogens with one attached hydrogen (secondary N) is 2. The van der Waals surface area contributed by atoms with Gasteiger partial charge in [0.1, 0.15) is 12.4 Å². The number of fused-ring (bicyclic) bond motifs is 5. The van der Waals surface area contributed by atoms with Gasteiger partial charge in [0.05, 0.1) is 56.7 Å². The van der Waals surface area contributed by atoms with Crippen LogP contribution in [0.3, 0.4) is 0 Å². The zero-order valence-corrected chi connectivity index (χ0v) is 30.4. The molecule has 4 aliphatic carbocycles. The number of aryl methyl sites for hydroxylation is 1. The Bertz CT molecular complexity index is 1430. The lowest BCUT2D eigenvalue weighted by Crippen LogP contribution is -2.57. The van der Waals surface area contributed by atoms with Crippen LogP contribution in [0.1, 0.15) is 75.3 Å². The molecule has 0 heterocycles. The van der Waals surface area contributed by atoms with Gasteiger partial charge in [0.25, 0.3) is 0 Å². The molecule has 0 aromatic heterocycles. The molecular weight excluding hydrogens is 685 g/mol. The van der Waals surface area contributed by atoms with Crippen LogP contribution in [0.5, 0.6) is 5.75 Å². The monoisotopic (exact) mass is 739 g/mol. The fourth-order valence-corrected chi connectivity index (χ4v) is 9.58.